The van der Waals surface area contributed by atoms with Gasteiger partial charge in [-0.1, -0.05) is 19.8 Å². The molecule has 1 aromatic rings. The van der Waals surface area contributed by atoms with E-state index in [0.29, 0.717) is 29.9 Å². The lowest BCUT2D eigenvalue weighted by atomic mass is 9.85. The van der Waals surface area contributed by atoms with Crippen LogP contribution in [0.5, 0.6) is 0 Å². The standard InChI is InChI=1S/C22H33N3O2/c1-15(18-6-5-11-23-14-18)13-21(26)25-20-10-9-17(12-16(20)2)22(27)24-19-7-3-4-8-19/h9-10,12,15,18-19,23H,3-8,11,13-14H2,1-2H3,(H,24,27)(H,25,26). The number of rotatable bonds is 6. The zero-order chi connectivity index (χ0) is 19.2. The maximum atomic E-state index is 12.5. The minimum absolute atomic E-state index is 0.0127. The molecule has 1 aliphatic carbocycles. The van der Waals surface area contributed by atoms with Crippen molar-refractivity contribution in [1.29, 1.82) is 0 Å². The minimum Gasteiger partial charge on any atom is -0.349 e. The fourth-order valence-electron chi connectivity index (χ4n) is 4.31. The molecule has 1 saturated carbocycles. The van der Waals surface area contributed by atoms with Gasteiger partial charge in [-0.15, -0.1) is 0 Å². The van der Waals surface area contributed by atoms with E-state index in [1.165, 1.54) is 25.7 Å². The molecule has 0 radical (unpaired) electrons. The summed E-state index contributed by atoms with van der Waals surface area (Å²) in [6.07, 6.45) is 7.48. The van der Waals surface area contributed by atoms with Gasteiger partial charge in [0.1, 0.15) is 0 Å². The van der Waals surface area contributed by atoms with Crippen molar-refractivity contribution in [3.05, 3.63) is 29.3 Å². The summed E-state index contributed by atoms with van der Waals surface area (Å²) >= 11 is 0. The molecule has 3 rings (SSSR count). The van der Waals surface area contributed by atoms with Crippen LogP contribution in [0.3, 0.4) is 0 Å². The van der Waals surface area contributed by atoms with E-state index in [4.69, 9.17) is 0 Å². The molecule has 2 fully saturated rings. The number of hydrogen-bond acceptors (Lipinski definition) is 3. The molecule has 3 N–H and O–H groups in total. The average molecular weight is 372 g/mol. The normalized spacial score (nSPS) is 21.6. The highest BCUT2D eigenvalue weighted by Gasteiger charge is 2.22. The maximum absolute atomic E-state index is 12.5. The van der Waals surface area contributed by atoms with Gasteiger partial charge in [-0.25, -0.2) is 0 Å². The lowest BCUT2D eigenvalue weighted by molar-refractivity contribution is -0.117. The Bertz CT molecular complexity index is 662. The smallest absolute Gasteiger partial charge is 0.251 e. The van der Waals surface area contributed by atoms with E-state index in [1.54, 1.807) is 6.07 Å². The second-order valence-corrected chi connectivity index (χ2v) is 8.32. The third-order valence-electron chi connectivity index (χ3n) is 6.10. The zero-order valence-electron chi connectivity index (χ0n) is 16.6. The molecular weight excluding hydrogens is 338 g/mol. The minimum atomic E-state index is -0.0127. The molecule has 2 unspecified atom stereocenters. The Morgan fingerprint density at radius 2 is 1.96 bits per heavy atom. The van der Waals surface area contributed by atoms with E-state index < -0.39 is 0 Å². The van der Waals surface area contributed by atoms with E-state index in [1.807, 2.05) is 19.1 Å². The van der Waals surface area contributed by atoms with Crippen molar-refractivity contribution in [2.75, 3.05) is 18.4 Å². The van der Waals surface area contributed by atoms with Gasteiger partial charge < -0.3 is 16.0 Å². The van der Waals surface area contributed by atoms with Gasteiger partial charge in [-0.3, -0.25) is 9.59 Å². The van der Waals surface area contributed by atoms with Crippen LogP contribution in [-0.4, -0.2) is 30.9 Å². The van der Waals surface area contributed by atoms with Crippen LogP contribution in [0.25, 0.3) is 0 Å². The van der Waals surface area contributed by atoms with Crippen LogP contribution < -0.4 is 16.0 Å². The molecule has 148 valence electrons. The van der Waals surface area contributed by atoms with Crippen LogP contribution in [0.4, 0.5) is 5.69 Å². The molecule has 0 spiro atoms. The van der Waals surface area contributed by atoms with Crippen molar-refractivity contribution in [3.63, 3.8) is 0 Å². The summed E-state index contributed by atoms with van der Waals surface area (Å²) in [6.45, 7) is 6.21. The second kappa shape index (κ2) is 9.36. The van der Waals surface area contributed by atoms with Crippen LogP contribution >= 0.6 is 0 Å². The third-order valence-corrected chi connectivity index (χ3v) is 6.10. The first-order chi connectivity index (χ1) is 13.0. The molecule has 0 aromatic heterocycles. The first-order valence-corrected chi connectivity index (χ1v) is 10.4. The van der Waals surface area contributed by atoms with Gasteiger partial charge in [-0.2, -0.15) is 0 Å². The molecule has 0 bridgehead atoms. The highest BCUT2D eigenvalue weighted by Crippen LogP contribution is 2.24. The largest absolute Gasteiger partial charge is 0.349 e. The predicted octanol–water partition coefficient (Wildman–Crippen LogP) is 3.63. The molecular formula is C22H33N3O2. The van der Waals surface area contributed by atoms with Gasteiger partial charge in [0.25, 0.3) is 5.91 Å². The summed E-state index contributed by atoms with van der Waals surface area (Å²) in [7, 11) is 0. The van der Waals surface area contributed by atoms with Gasteiger partial charge in [-0.05, 0) is 81.3 Å². The van der Waals surface area contributed by atoms with Gasteiger partial charge in [0.05, 0.1) is 0 Å². The van der Waals surface area contributed by atoms with Crippen molar-refractivity contribution < 1.29 is 9.59 Å². The highest BCUT2D eigenvalue weighted by molar-refractivity contribution is 5.96. The Hall–Kier alpha value is -1.88. The predicted molar refractivity (Wildman–Crippen MR) is 109 cm³/mol. The van der Waals surface area contributed by atoms with Crippen molar-refractivity contribution >= 4 is 17.5 Å². The molecule has 5 heteroatoms. The number of anilines is 1. The average Bonchev–Trinajstić information content (AvgIpc) is 3.17. The number of hydrogen-bond donors (Lipinski definition) is 3. The number of carbonyl (C=O) groups is 2. The van der Waals surface area contributed by atoms with E-state index in [-0.39, 0.29) is 11.8 Å². The number of carbonyl (C=O) groups excluding carboxylic acids is 2. The van der Waals surface area contributed by atoms with Crippen LogP contribution in [0.2, 0.25) is 0 Å². The summed E-state index contributed by atoms with van der Waals surface area (Å²) < 4.78 is 0. The summed E-state index contributed by atoms with van der Waals surface area (Å²) in [5, 5.41) is 9.56. The molecule has 2 aliphatic rings. The van der Waals surface area contributed by atoms with E-state index >= 15 is 0 Å². The molecule has 1 saturated heterocycles. The summed E-state index contributed by atoms with van der Waals surface area (Å²) in [4.78, 5) is 24.9. The van der Waals surface area contributed by atoms with Gasteiger partial charge >= 0.3 is 0 Å². The number of nitrogens with one attached hydrogen (secondary N) is 3. The van der Waals surface area contributed by atoms with Crippen LogP contribution in [0, 0.1) is 18.8 Å². The van der Waals surface area contributed by atoms with Crippen molar-refractivity contribution in [1.82, 2.24) is 10.6 Å². The fourth-order valence-corrected chi connectivity index (χ4v) is 4.31. The van der Waals surface area contributed by atoms with Crippen molar-refractivity contribution in [3.8, 4) is 0 Å². The number of aryl methyl sites for hydroxylation is 1. The van der Waals surface area contributed by atoms with Crippen LogP contribution in [0.15, 0.2) is 18.2 Å². The van der Waals surface area contributed by atoms with E-state index in [9.17, 15) is 9.59 Å². The Kier molecular flexibility index (Phi) is 6.89. The van der Waals surface area contributed by atoms with Crippen LogP contribution in [0.1, 0.15) is 67.8 Å². The Morgan fingerprint density at radius 1 is 1.19 bits per heavy atom. The lowest BCUT2D eigenvalue weighted by Gasteiger charge is -2.28. The molecule has 1 heterocycles. The van der Waals surface area contributed by atoms with Gasteiger partial charge in [0.2, 0.25) is 5.91 Å². The Balaban J connectivity index is 1.53. The van der Waals surface area contributed by atoms with Gasteiger partial charge in [0, 0.05) is 23.7 Å². The van der Waals surface area contributed by atoms with E-state index in [0.717, 1.165) is 37.2 Å². The van der Waals surface area contributed by atoms with E-state index in [2.05, 4.69) is 22.9 Å². The molecule has 5 nitrogen and oxygen atoms in total. The Labute approximate surface area is 162 Å². The molecule has 1 aromatic carbocycles. The quantitative estimate of drug-likeness (QED) is 0.715. The third kappa shape index (κ3) is 5.55. The first-order valence-electron chi connectivity index (χ1n) is 10.4. The summed E-state index contributed by atoms with van der Waals surface area (Å²) in [5.41, 5.74) is 2.39. The number of amides is 2. The maximum Gasteiger partial charge on any atom is 0.251 e. The number of piperidine rings is 1. The molecule has 27 heavy (non-hydrogen) atoms. The highest BCUT2D eigenvalue weighted by atomic mass is 16.2. The molecule has 1 aliphatic heterocycles. The SMILES string of the molecule is Cc1cc(C(=O)NC2CCCC2)ccc1NC(=O)CC(C)C1CCCNC1. The number of benzene rings is 1. The summed E-state index contributed by atoms with van der Waals surface area (Å²) in [5.74, 6) is 0.988. The van der Waals surface area contributed by atoms with Crippen molar-refractivity contribution in [2.24, 2.45) is 11.8 Å². The fraction of sp³-hybridized carbons (Fsp3) is 0.636. The first kappa shape index (κ1) is 19.9. The van der Waals surface area contributed by atoms with Gasteiger partial charge in [0.15, 0.2) is 0 Å². The molecule has 2 amide bonds. The second-order valence-electron chi connectivity index (χ2n) is 8.32. The monoisotopic (exact) mass is 371 g/mol. The van der Waals surface area contributed by atoms with Crippen LogP contribution in [-0.2, 0) is 4.79 Å². The lowest BCUT2D eigenvalue weighted by Crippen LogP contribution is -2.34. The summed E-state index contributed by atoms with van der Waals surface area (Å²) in [6, 6.07) is 5.84. The zero-order valence-corrected chi connectivity index (χ0v) is 16.6. The van der Waals surface area contributed by atoms with Crippen molar-refractivity contribution in [2.45, 2.75) is 64.8 Å². The molecule has 2 atom stereocenters. The topological polar surface area (TPSA) is 70.2 Å². The Morgan fingerprint density at radius 3 is 2.63 bits per heavy atom.